The minimum Gasteiger partial charge on any atom is -0.393 e. The first-order valence-corrected chi connectivity index (χ1v) is 4.59. The quantitative estimate of drug-likeness (QED) is 0.652. The maximum absolute atomic E-state index is 9.40. The first-order valence-electron chi connectivity index (χ1n) is 4.21. The van der Waals surface area contributed by atoms with Gasteiger partial charge in [-0.15, -0.1) is 0 Å². The highest BCUT2D eigenvalue weighted by Gasteiger charge is 2.15. The van der Waals surface area contributed by atoms with Gasteiger partial charge >= 0.3 is 0 Å². The van der Waals surface area contributed by atoms with Crippen LogP contribution >= 0.6 is 11.6 Å². The molecular weight excluding hydrogens is 172 g/mol. The fourth-order valence-corrected chi connectivity index (χ4v) is 1.90. The first kappa shape index (κ1) is 8.09. The van der Waals surface area contributed by atoms with Crippen LogP contribution in [0.1, 0.15) is 17.5 Å². The van der Waals surface area contributed by atoms with Gasteiger partial charge in [0.1, 0.15) is 0 Å². The van der Waals surface area contributed by atoms with Gasteiger partial charge < -0.3 is 5.11 Å². The van der Waals surface area contributed by atoms with Crippen molar-refractivity contribution in [1.82, 2.24) is 0 Å². The normalized spacial score (nSPS) is 22.0. The standard InChI is InChI=1S/C10H11ClO/c11-9-3-1-7-2-4-10(12)6-8(7)5-9/h1,3,5,10,12H,2,4,6H2/t10-/m1/s1. The van der Waals surface area contributed by atoms with Crippen molar-refractivity contribution >= 4 is 11.6 Å². The molecule has 1 aromatic carbocycles. The Labute approximate surface area is 77.0 Å². The molecule has 0 fully saturated rings. The van der Waals surface area contributed by atoms with E-state index in [0.29, 0.717) is 0 Å². The van der Waals surface area contributed by atoms with Crippen molar-refractivity contribution in [3.05, 3.63) is 34.3 Å². The highest BCUT2D eigenvalue weighted by Crippen LogP contribution is 2.24. The van der Waals surface area contributed by atoms with Crippen LogP contribution in [-0.4, -0.2) is 11.2 Å². The molecule has 1 nitrogen and oxygen atoms in total. The Morgan fingerprint density at radius 2 is 2.17 bits per heavy atom. The molecule has 0 radical (unpaired) electrons. The minimum atomic E-state index is -0.170. The molecule has 0 unspecified atom stereocenters. The van der Waals surface area contributed by atoms with Crippen LogP contribution in [-0.2, 0) is 12.8 Å². The van der Waals surface area contributed by atoms with Gasteiger partial charge in [0.25, 0.3) is 0 Å². The van der Waals surface area contributed by atoms with Gasteiger partial charge in [-0.3, -0.25) is 0 Å². The number of aliphatic hydroxyl groups excluding tert-OH is 1. The summed E-state index contributed by atoms with van der Waals surface area (Å²) in [6.07, 6.45) is 2.45. The van der Waals surface area contributed by atoms with Crippen molar-refractivity contribution in [1.29, 1.82) is 0 Å². The Kier molecular flexibility index (Phi) is 2.07. The second-order valence-corrected chi connectivity index (χ2v) is 3.75. The Bertz CT molecular complexity index is 296. The Hall–Kier alpha value is -0.530. The summed E-state index contributed by atoms with van der Waals surface area (Å²) in [5.41, 5.74) is 2.55. The van der Waals surface area contributed by atoms with E-state index < -0.39 is 0 Å². The lowest BCUT2D eigenvalue weighted by molar-refractivity contribution is 0.158. The maximum atomic E-state index is 9.40. The zero-order valence-electron chi connectivity index (χ0n) is 6.76. The molecule has 1 aliphatic carbocycles. The van der Waals surface area contributed by atoms with Gasteiger partial charge in [0.15, 0.2) is 0 Å². The third-order valence-corrected chi connectivity index (χ3v) is 2.61. The van der Waals surface area contributed by atoms with Crippen LogP contribution < -0.4 is 0 Å². The summed E-state index contributed by atoms with van der Waals surface area (Å²) in [5.74, 6) is 0. The summed E-state index contributed by atoms with van der Waals surface area (Å²) in [7, 11) is 0. The van der Waals surface area contributed by atoms with Crippen molar-refractivity contribution in [3.8, 4) is 0 Å². The minimum absolute atomic E-state index is 0.170. The third-order valence-electron chi connectivity index (χ3n) is 2.37. The van der Waals surface area contributed by atoms with Gasteiger partial charge in [0, 0.05) is 5.02 Å². The van der Waals surface area contributed by atoms with Gasteiger partial charge in [-0.1, -0.05) is 17.7 Å². The van der Waals surface area contributed by atoms with Crippen molar-refractivity contribution in [2.24, 2.45) is 0 Å². The van der Waals surface area contributed by atoms with Crippen molar-refractivity contribution in [2.75, 3.05) is 0 Å². The van der Waals surface area contributed by atoms with Gasteiger partial charge in [-0.2, -0.15) is 0 Å². The summed E-state index contributed by atoms with van der Waals surface area (Å²) >= 11 is 5.84. The van der Waals surface area contributed by atoms with E-state index in [1.807, 2.05) is 12.1 Å². The number of hydrogen-bond acceptors (Lipinski definition) is 1. The molecule has 0 saturated heterocycles. The van der Waals surface area contributed by atoms with Crippen molar-refractivity contribution < 1.29 is 5.11 Å². The van der Waals surface area contributed by atoms with E-state index in [1.165, 1.54) is 11.1 Å². The van der Waals surface area contributed by atoms with E-state index in [0.717, 1.165) is 24.3 Å². The van der Waals surface area contributed by atoms with Gasteiger partial charge in [0.05, 0.1) is 6.10 Å². The van der Waals surface area contributed by atoms with Crippen LogP contribution in [0.25, 0.3) is 0 Å². The first-order chi connectivity index (χ1) is 5.75. The van der Waals surface area contributed by atoms with Crippen molar-refractivity contribution in [3.63, 3.8) is 0 Å². The summed E-state index contributed by atoms with van der Waals surface area (Å²) in [6.45, 7) is 0. The Balaban J connectivity index is 2.37. The number of benzene rings is 1. The fourth-order valence-electron chi connectivity index (χ4n) is 1.71. The molecule has 0 saturated carbocycles. The smallest absolute Gasteiger partial charge is 0.0583 e. The number of fused-ring (bicyclic) bond motifs is 1. The highest BCUT2D eigenvalue weighted by molar-refractivity contribution is 6.30. The summed E-state index contributed by atoms with van der Waals surface area (Å²) in [5, 5.41) is 10.2. The van der Waals surface area contributed by atoms with Crippen LogP contribution in [0, 0.1) is 0 Å². The molecule has 0 bridgehead atoms. The van der Waals surface area contributed by atoms with Crippen LogP contribution in [0.4, 0.5) is 0 Å². The lowest BCUT2D eigenvalue weighted by atomic mass is 9.90. The molecule has 0 spiro atoms. The number of aryl methyl sites for hydroxylation is 1. The van der Waals surface area contributed by atoms with E-state index in [9.17, 15) is 5.11 Å². The van der Waals surface area contributed by atoms with E-state index >= 15 is 0 Å². The number of rotatable bonds is 0. The van der Waals surface area contributed by atoms with Gasteiger partial charge in [-0.25, -0.2) is 0 Å². The van der Waals surface area contributed by atoms with Gasteiger partial charge in [0.2, 0.25) is 0 Å². The Morgan fingerprint density at radius 1 is 1.33 bits per heavy atom. The number of halogens is 1. The topological polar surface area (TPSA) is 20.2 Å². The predicted octanol–water partition coefficient (Wildman–Crippen LogP) is 2.19. The van der Waals surface area contributed by atoms with Crippen LogP contribution in [0.3, 0.4) is 0 Å². The van der Waals surface area contributed by atoms with Crippen LogP contribution in [0.5, 0.6) is 0 Å². The molecule has 0 aromatic heterocycles. The predicted molar refractivity (Wildman–Crippen MR) is 49.5 cm³/mol. The third kappa shape index (κ3) is 1.47. The fraction of sp³-hybridized carbons (Fsp3) is 0.400. The second kappa shape index (κ2) is 3.08. The average molecular weight is 183 g/mol. The zero-order valence-corrected chi connectivity index (χ0v) is 7.51. The monoisotopic (exact) mass is 182 g/mol. The lowest BCUT2D eigenvalue weighted by Gasteiger charge is -2.20. The molecule has 12 heavy (non-hydrogen) atoms. The molecule has 1 N–H and O–H groups in total. The molecule has 1 aliphatic rings. The molecule has 64 valence electrons. The molecule has 0 heterocycles. The Morgan fingerprint density at radius 3 is 3.00 bits per heavy atom. The molecule has 2 rings (SSSR count). The lowest BCUT2D eigenvalue weighted by Crippen LogP contribution is -2.18. The zero-order chi connectivity index (χ0) is 8.55. The highest BCUT2D eigenvalue weighted by atomic mass is 35.5. The van der Waals surface area contributed by atoms with E-state index in [-0.39, 0.29) is 6.10 Å². The SMILES string of the molecule is O[C@@H]1CCc2ccc(Cl)cc2C1. The largest absolute Gasteiger partial charge is 0.393 e. The maximum Gasteiger partial charge on any atom is 0.0583 e. The average Bonchev–Trinajstić information content (AvgIpc) is 2.03. The van der Waals surface area contributed by atoms with Gasteiger partial charge in [-0.05, 0) is 42.5 Å². The molecule has 0 aliphatic heterocycles. The summed E-state index contributed by atoms with van der Waals surface area (Å²) in [4.78, 5) is 0. The molecular formula is C10H11ClO. The van der Waals surface area contributed by atoms with Crippen LogP contribution in [0.2, 0.25) is 5.02 Å². The van der Waals surface area contributed by atoms with Crippen LogP contribution in [0.15, 0.2) is 18.2 Å². The molecule has 1 atom stereocenters. The molecule has 2 heteroatoms. The molecule has 1 aromatic rings. The number of aliphatic hydroxyl groups is 1. The summed E-state index contributed by atoms with van der Waals surface area (Å²) < 4.78 is 0. The van der Waals surface area contributed by atoms with Crippen molar-refractivity contribution in [2.45, 2.75) is 25.4 Å². The summed E-state index contributed by atoms with van der Waals surface area (Å²) in [6, 6.07) is 5.93. The number of hydrogen-bond donors (Lipinski definition) is 1. The molecule has 0 amide bonds. The van der Waals surface area contributed by atoms with E-state index in [4.69, 9.17) is 11.6 Å². The second-order valence-electron chi connectivity index (χ2n) is 3.31. The van der Waals surface area contributed by atoms with E-state index in [1.54, 1.807) is 0 Å². The van der Waals surface area contributed by atoms with E-state index in [2.05, 4.69) is 6.07 Å².